The van der Waals surface area contributed by atoms with E-state index in [1.54, 1.807) is 29.2 Å². The molecule has 2 aromatic rings. The highest BCUT2D eigenvalue weighted by molar-refractivity contribution is 6.07. The number of ether oxygens (including phenoxy) is 1. The van der Waals surface area contributed by atoms with Crippen molar-refractivity contribution in [1.82, 2.24) is 0 Å². The molecule has 25 heavy (non-hydrogen) atoms. The van der Waals surface area contributed by atoms with Gasteiger partial charge in [0.25, 0.3) is 5.91 Å². The zero-order valence-electron chi connectivity index (χ0n) is 14.1. The number of rotatable bonds is 3. The maximum Gasteiger partial charge on any atom is 0.258 e. The lowest BCUT2D eigenvalue weighted by atomic mass is 10.1. The Kier molecular flexibility index (Phi) is 3.92. The molecule has 1 atom stereocenters. The number of nitrogens with one attached hydrogen (secondary N) is 1. The molecule has 1 fully saturated rings. The van der Waals surface area contributed by atoms with Gasteiger partial charge in [0, 0.05) is 17.2 Å². The van der Waals surface area contributed by atoms with Gasteiger partial charge in [-0.3, -0.25) is 9.59 Å². The van der Waals surface area contributed by atoms with Crippen LogP contribution in [-0.4, -0.2) is 24.5 Å². The summed E-state index contributed by atoms with van der Waals surface area (Å²) in [6, 6.07) is 14.6. The molecule has 0 bridgehead atoms. The minimum absolute atomic E-state index is 0.0593. The second-order valence-electron chi connectivity index (χ2n) is 6.65. The monoisotopic (exact) mass is 336 g/mol. The highest BCUT2D eigenvalue weighted by atomic mass is 16.5. The average molecular weight is 336 g/mol. The third kappa shape index (κ3) is 3.22. The number of benzene rings is 2. The van der Waals surface area contributed by atoms with Crippen LogP contribution in [0.2, 0.25) is 0 Å². The van der Waals surface area contributed by atoms with Crippen molar-refractivity contribution in [2.24, 2.45) is 5.92 Å². The fourth-order valence-corrected chi connectivity index (χ4v) is 3.02. The lowest BCUT2D eigenvalue weighted by Crippen LogP contribution is -2.42. The average Bonchev–Trinajstić information content (AvgIpc) is 3.46. The van der Waals surface area contributed by atoms with Gasteiger partial charge < -0.3 is 15.0 Å². The summed E-state index contributed by atoms with van der Waals surface area (Å²) >= 11 is 0. The van der Waals surface area contributed by atoms with Gasteiger partial charge in [0.15, 0.2) is 0 Å². The minimum Gasteiger partial charge on any atom is -0.487 e. The molecule has 0 spiro atoms. The number of anilines is 2. The Morgan fingerprint density at radius 1 is 1.08 bits per heavy atom. The SMILES string of the molecule is CC1CN(C(=O)c2ccc(NC(=O)C3CC3)cc2)c2ccccc2O1. The molecule has 2 amide bonds. The smallest absolute Gasteiger partial charge is 0.258 e. The molecule has 2 aromatic carbocycles. The maximum atomic E-state index is 12.9. The van der Waals surface area contributed by atoms with Crippen molar-refractivity contribution in [1.29, 1.82) is 0 Å². The van der Waals surface area contributed by atoms with Crippen molar-refractivity contribution in [3.8, 4) is 5.75 Å². The highest BCUT2D eigenvalue weighted by Gasteiger charge is 2.30. The van der Waals surface area contributed by atoms with Gasteiger partial charge in [-0.2, -0.15) is 0 Å². The summed E-state index contributed by atoms with van der Waals surface area (Å²) < 4.78 is 5.80. The highest BCUT2D eigenvalue weighted by Crippen LogP contribution is 2.34. The van der Waals surface area contributed by atoms with E-state index in [1.807, 2.05) is 31.2 Å². The first-order valence-corrected chi connectivity index (χ1v) is 8.60. The molecule has 1 aliphatic carbocycles. The topological polar surface area (TPSA) is 58.6 Å². The van der Waals surface area contributed by atoms with E-state index in [1.165, 1.54) is 0 Å². The summed E-state index contributed by atoms with van der Waals surface area (Å²) in [5.41, 5.74) is 2.11. The second kappa shape index (κ2) is 6.24. The third-order valence-electron chi connectivity index (χ3n) is 4.52. The molecule has 128 valence electrons. The minimum atomic E-state index is -0.0670. The van der Waals surface area contributed by atoms with E-state index in [9.17, 15) is 9.59 Å². The number of carbonyl (C=O) groups excluding carboxylic acids is 2. The zero-order valence-corrected chi connectivity index (χ0v) is 14.1. The standard InChI is InChI=1S/C20H20N2O3/c1-13-12-22(17-4-2-3-5-18(17)25-13)20(24)15-8-10-16(11-9-15)21-19(23)14-6-7-14/h2-5,8-11,13-14H,6-7,12H2,1H3,(H,21,23). The summed E-state index contributed by atoms with van der Waals surface area (Å²) in [6.45, 7) is 2.46. The number of nitrogens with zero attached hydrogens (tertiary/aromatic N) is 1. The van der Waals surface area contributed by atoms with E-state index in [-0.39, 0.29) is 23.8 Å². The molecule has 2 aliphatic rings. The molecule has 1 N–H and O–H groups in total. The second-order valence-corrected chi connectivity index (χ2v) is 6.65. The molecule has 4 rings (SSSR count). The van der Waals surface area contributed by atoms with Gasteiger partial charge in [-0.15, -0.1) is 0 Å². The van der Waals surface area contributed by atoms with Crippen molar-refractivity contribution >= 4 is 23.2 Å². The zero-order chi connectivity index (χ0) is 17.4. The first-order chi connectivity index (χ1) is 12.1. The Morgan fingerprint density at radius 3 is 2.52 bits per heavy atom. The Morgan fingerprint density at radius 2 is 1.80 bits per heavy atom. The summed E-state index contributed by atoms with van der Waals surface area (Å²) in [7, 11) is 0. The Bertz CT molecular complexity index is 812. The summed E-state index contributed by atoms with van der Waals surface area (Å²) in [5.74, 6) is 0.883. The van der Waals surface area contributed by atoms with Crippen LogP contribution in [0.4, 0.5) is 11.4 Å². The quantitative estimate of drug-likeness (QED) is 0.934. The van der Waals surface area contributed by atoms with Gasteiger partial charge in [0.1, 0.15) is 11.9 Å². The fourth-order valence-electron chi connectivity index (χ4n) is 3.02. The predicted molar refractivity (Wildman–Crippen MR) is 96.0 cm³/mol. The molecule has 1 saturated carbocycles. The molecule has 0 saturated heterocycles. The van der Waals surface area contributed by atoms with Crippen LogP contribution in [0.1, 0.15) is 30.1 Å². The van der Waals surface area contributed by atoms with Gasteiger partial charge in [0.05, 0.1) is 12.2 Å². The number of fused-ring (bicyclic) bond motifs is 1. The van der Waals surface area contributed by atoms with Gasteiger partial charge in [0.2, 0.25) is 5.91 Å². The molecule has 5 heteroatoms. The van der Waals surface area contributed by atoms with E-state index >= 15 is 0 Å². The van der Waals surface area contributed by atoms with Crippen LogP contribution >= 0.6 is 0 Å². The molecule has 1 aliphatic heterocycles. The Balaban J connectivity index is 1.53. The predicted octanol–water partition coefficient (Wildman–Crippen LogP) is 3.46. The molecule has 5 nitrogen and oxygen atoms in total. The van der Waals surface area contributed by atoms with E-state index < -0.39 is 0 Å². The third-order valence-corrected chi connectivity index (χ3v) is 4.52. The number of hydrogen-bond donors (Lipinski definition) is 1. The summed E-state index contributed by atoms with van der Waals surface area (Å²) in [4.78, 5) is 26.5. The van der Waals surface area contributed by atoms with Crippen LogP contribution in [0.25, 0.3) is 0 Å². The molecule has 0 radical (unpaired) electrons. The molecule has 1 heterocycles. The van der Waals surface area contributed by atoms with Crippen LogP contribution < -0.4 is 15.0 Å². The Hall–Kier alpha value is -2.82. The lowest BCUT2D eigenvalue weighted by Gasteiger charge is -2.33. The lowest BCUT2D eigenvalue weighted by molar-refractivity contribution is -0.117. The number of para-hydroxylation sites is 2. The van der Waals surface area contributed by atoms with Gasteiger partial charge >= 0.3 is 0 Å². The van der Waals surface area contributed by atoms with Crippen LogP contribution in [0, 0.1) is 5.92 Å². The molecule has 0 aromatic heterocycles. The van der Waals surface area contributed by atoms with Crippen molar-refractivity contribution in [3.05, 3.63) is 54.1 Å². The van der Waals surface area contributed by atoms with E-state index in [0.29, 0.717) is 12.1 Å². The molecular weight excluding hydrogens is 316 g/mol. The van der Waals surface area contributed by atoms with E-state index in [4.69, 9.17) is 4.74 Å². The van der Waals surface area contributed by atoms with Gasteiger partial charge in [-0.1, -0.05) is 12.1 Å². The van der Waals surface area contributed by atoms with Gasteiger partial charge in [-0.05, 0) is 56.2 Å². The first kappa shape index (κ1) is 15.7. The van der Waals surface area contributed by atoms with Crippen LogP contribution in [0.5, 0.6) is 5.75 Å². The van der Waals surface area contributed by atoms with Crippen LogP contribution in [0.3, 0.4) is 0 Å². The van der Waals surface area contributed by atoms with Crippen LogP contribution in [-0.2, 0) is 4.79 Å². The largest absolute Gasteiger partial charge is 0.487 e. The first-order valence-electron chi connectivity index (χ1n) is 8.60. The number of amides is 2. The van der Waals surface area contributed by atoms with E-state index in [2.05, 4.69) is 5.32 Å². The summed E-state index contributed by atoms with van der Waals surface area (Å²) in [6.07, 6.45) is 1.88. The van der Waals surface area contributed by atoms with E-state index in [0.717, 1.165) is 30.0 Å². The fraction of sp³-hybridized carbons (Fsp3) is 0.300. The Labute approximate surface area is 146 Å². The van der Waals surface area contributed by atoms with Crippen LogP contribution in [0.15, 0.2) is 48.5 Å². The van der Waals surface area contributed by atoms with Crippen molar-refractivity contribution in [2.75, 3.05) is 16.8 Å². The number of hydrogen-bond acceptors (Lipinski definition) is 3. The molecular formula is C20H20N2O3. The van der Waals surface area contributed by atoms with Crippen molar-refractivity contribution in [2.45, 2.75) is 25.9 Å². The maximum absolute atomic E-state index is 12.9. The molecule has 1 unspecified atom stereocenters. The normalized spacial score (nSPS) is 18.9. The van der Waals surface area contributed by atoms with Crippen molar-refractivity contribution < 1.29 is 14.3 Å². The summed E-state index contributed by atoms with van der Waals surface area (Å²) in [5, 5.41) is 2.89. The number of carbonyl (C=O) groups is 2. The van der Waals surface area contributed by atoms with Crippen molar-refractivity contribution in [3.63, 3.8) is 0 Å². The van der Waals surface area contributed by atoms with Gasteiger partial charge in [-0.25, -0.2) is 0 Å².